The number of hydrogen-bond donors (Lipinski definition) is 1. The highest BCUT2D eigenvalue weighted by atomic mass is 35.5. The van der Waals surface area contributed by atoms with Crippen LogP contribution in [0.1, 0.15) is 22.8 Å². The van der Waals surface area contributed by atoms with E-state index in [-0.39, 0.29) is 17.3 Å². The maximum atomic E-state index is 11.0. The Morgan fingerprint density at radius 3 is 2.88 bits per heavy atom. The first-order chi connectivity index (χ1) is 8.04. The summed E-state index contributed by atoms with van der Waals surface area (Å²) < 4.78 is 4.68. The van der Waals surface area contributed by atoms with Crippen LogP contribution in [0, 0.1) is 0 Å². The summed E-state index contributed by atoms with van der Waals surface area (Å²) in [5, 5.41) is 8.72. The Kier molecular flexibility index (Phi) is 4.66. The van der Waals surface area contributed by atoms with E-state index < -0.39 is 11.9 Å². The minimum atomic E-state index is -1.17. The van der Waals surface area contributed by atoms with Crippen molar-refractivity contribution in [2.45, 2.75) is 6.92 Å². The minimum absolute atomic E-state index is 0.0919. The molecule has 6 heteroatoms. The van der Waals surface area contributed by atoms with Crippen LogP contribution in [0.3, 0.4) is 0 Å². The van der Waals surface area contributed by atoms with Crippen LogP contribution in [-0.4, -0.2) is 28.6 Å². The van der Waals surface area contributed by atoms with Gasteiger partial charge in [0.2, 0.25) is 0 Å². The van der Waals surface area contributed by atoms with E-state index in [4.69, 9.17) is 16.7 Å². The van der Waals surface area contributed by atoms with Crippen LogP contribution in [0.2, 0.25) is 5.15 Å². The van der Waals surface area contributed by atoms with Gasteiger partial charge in [0.25, 0.3) is 0 Å². The molecule has 0 aliphatic rings. The molecule has 0 atom stereocenters. The average molecular weight is 256 g/mol. The fourth-order valence-electron chi connectivity index (χ4n) is 1.06. The molecule has 0 aromatic carbocycles. The van der Waals surface area contributed by atoms with Crippen LogP contribution >= 0.6 is 11.6 Å². The van der Waals surface area contributed by atoms with Crippen LogP contribution in [0.4, 0.5) is 0 Å². The van der Waals surface area contributed by atoms with E-state index in [1.165, 1.54) is 24.4 Å². The number of halogens is 1. The molecule has 5 nitrogen and oxygen atoms in total. The lowest BCUT2D eigenvalue weighted by Crippen LogP contribution is -2.00. The molecule has 1 heterocycles. The normalized spacial score (nSPS) is 10.5. The molecule has 90 valence electrons. The van der Waals surface area contributed by atoms with Gasteiger partial charge >= 0.3 is 11.9 Å². The minimum Gasteiger partial charge on any atom is -0.478 e. The highest BCUT2D eigenvalue weighted by Crippen LogP contribution is 2.15. The summed E-state index contributed by atoms with van der Waals surface area (Å²) in [5.74, 6) is -1.67. The number of aromatic carboxylic acids is 1. The van der Waals surface area contributed by atoms with Crippen molar-refractivity contribution in [1.82, 2.24) is 4.98 Å². The third-order valence-electron chi connectivity index (χ3n) is 1.79. The van der Waals surface area contributed by atoms with Crippen LogP contribution in [0.5, 0.6) is 0 Å². The summed E-state index contributed by atoms with van der Waals surface area (Å²) >= 11 is 5.60. The summed E-state index contributed by atoms with van der Waals surface area (Å²) in [6.07, 6.45) is 3.97. The molecule has 1 aromatic rings. The number of nitrogens with zero attached hydrogens (tertiary/aromatic N) is 1. The standard InChI is InChI=1S/C11H10ClNO4/c1-2-17-9(14)4-3-7-5-8(11(15)16)10(12)13-6-7/h3-6H,2H2,1H3,(H,15,16). The average Bonchev–Trinajstić information content (AvgIpc) is 2.28. The van der Waals surface area contributed by atoms with Gasteiger partial charge in [-0.1, -0.05) is 11.6 Å². The predicted molar refractivity (Wildman–Crippen MR) is 61.9 cm³/mol. The van der Waals surface area contributed by atoms with Crippen molar-refractivity contribution >= 4 is 29.6 Å². The number of esters is 1. The number of carbonyl (C=O) groups is 2. The number of carboxylic acids is 1. The molecule has 17 heavy (non-hydrogen) atoms. The van der Waals surface area contributed by atoms with E-state index in [0.717, 1.165) is 0 Å². The van der Waals surface area contributed by atoms with Gasteiger partial charge in [-0.05, 0) is 24.6 Å². The zero-order valence-electron chi connectivity index (χ0n) is 9.01. The number of carboxylic acid groups (broad SMARTS) is 1. The molecule has 0 saturated heterocycles. The largest absolute Gasteiger partial charge is 0.478 e. The Balaban J connectivity index is 2.89. The van der Waals surface area contributed by atoms with Gasteiger partial charge in [0.05, 0.1) is 12.2 Å². The first-order valence-corrected chi connectivity index (χ1v) is 5.16. The van der Waals surface area contributed by atoms with Crippen molar-refractivity contribution in [3.05, 3.63) is 34.6 Å². The second-order valence-corrected chi connectivity index (χ2v) is 3.36. The van der Waals surface area contributed by atoms with Gasteiger partial charge in [0.15, 0.2) is 0 Å². The van der Waals surface area contributed by atoms with E-state index >= 15 is 0 Å². The van der Waals surface area contributed by atoms with Crippen LogP contribution in [-0.2, 0) is 9.53 Å². The SMILES string of the molecule is CCOC(=O)C=Cc1cnc(Cl)c(C(=O)O)c1. The molecular formula is C11H10ClNO4. The third-order valence-corrected chi connectivity index (χ3v) is 2.09. The molecule has 0 aliphatic carbocycles. The van der Waals surface area contributed by atoms with E-state index in [1.54, 1.807) is 6.92 Å². The van der Waals surface area contributed by atoms with Gasteiger partial charge in [0, 0.05) is 12.3 Å². The lowest BCUT2D eigenvalue weighted by atomic mass is 10.2. The van der Waals surface area contributed by atoms with Crippen LogP contribution in [0.25, 0.3) is 6.08 Å². The third kappa shape index (κ3) is 3.88. The smallest absolute Gasteiger partial charge is 0.338 e. The molecule has 1 rings (SSSR count). The summed E-state index contributed by atoms with van der Waals surface area (Å²) in [6.45, 7) is 1.97. The fraction of sp³-hybridized carbons (Fsp3) is 0.182. The molecule has 0 unspecified atom stereocenters. The Morgan fingerprint density at radius 2 is 2.29 bits per heavy atom. The van der Waals surface area contributed by atoms with E-state index in [9.17, 15) is 9.59 Å². The zero-order chi connectivity index (χ0) is 12.8. The Hall–Kier alpha value is -1.88. The lowest BCUT2D eigenvalue weighted by molar-refractivity contribution is -0.137. The van der Waals surface area contributed by atoms with Crippen LogP contribution < -0.4 is 0 Å². The number of hydrogen-bond acceptors (Lipinski definition) is 4. The molecular weight excluding hydrogens is 246 g/mol. The van der Waals surface area contributed by atoms with Gasteiger partial charge in [-0.15, -0.1) is 0 Å². The van der Waals surface area contributed by atoms with Crippen molar-refractivity contribution < 1.29 is 19.4 Å². The maximum Gasteiger partial charge on any atom is 0.338 e. The molecule has 1 aromatic heterocycles. The van der Waals surface area contributed by atoms with Gasteiger partial charge in [-0.2, -0.15) is 0 Å². The second kappa shape index (κ2) is 6.00. The second-order valence-electron chi connectivity index (χ2n) is 3.00. The van der Waals surface area contributed by atoms with Gasteiger partial charge in [-0.3, -0.25) is 0 Å². The number of carbonyl (C=O) groups excluding carboxylic acids is 1. The van der Waals surface area contributed by atoms with Crippen molar-refractivity contribution in [2.75, 3.05) is 6.61 Å². The molecule has 0 amide bonds. The van der Waals surface area contributed by atoms with Gasteiger partial charge in [-0.25, -0.2) is 14.6 Å². The topological polar surface area (TPSA) is 76.5 Å². The van der Waals surface area contributed by atoms with Crippen molar-refractivity contribution in [3.8, 4) is 0 Å². The van der Waals surface area contributed by atoms with E-state index in [2.05, 4.69) is 9.72 Å². The molecule has 0 radical (unpaired) electrons. The summed E-state index contributed by atoms with van der Waals surface area (Å²) in [7, 11) is 0. The highest BCUT2D eigenvalue weighted by molar-refractivity contribution is 6.32. The van der Waals surface area contributed by atoms with Crippen LogP contribution in [0.15, 0.2) is 18.3 Å². The molecule has 0 fully saturated rings. The maximum absolute atomic E-state index is 11.0. The molecule has 0 bridgehead atoms. The Labute approximate surface area is 103 Å². The molecule has 0 saturated carbocycles. The fourth-order valence-corrected chi connectivity index (χ4v) is 1.24. The summed E-state index contributed by atoms with van der Waals surface area (Å²) in [5.41, 5.74) is 0.345. The van der Waals surface area contributed by atoms with Gasteiger partial charge in [0.1, 0.15) is 5.15 Å². The van der Waals surface area contributed by atoms with E-state index in [0.29, 0.717) is 5.56 Å². The van der Waals surface area contributed by atoms with Crippen molar-refractivity contribution in [1.29, 1.82) is 0 Å². The molecule has 0 spiro atoms. The Bertz CT molecular complexity index is 471. The Morgan fingerprint density at radius 1 is 1.59 bits per heavy atom. The number of pyridine rings is 1. The van der Waals surface area contributed by atoms with Crippen molar-refractivity contribution in [2.24, 2.45) is 0 Å². The summed E-state index contributed by atoms with van der Waals surface area (Å²) in [4.78, 5) is 25.5. The first-order valence-electron chi connectivity index (χ1n) is 4.78. The molecule has 1 N–H and O–H groups in total. The predicted octanol–water partition coefficient (Wildman–Crippen LogP) is 2.01. The quantitative estimate of drug-likeness (QED) is 0.506. The monoisotopic (exact) mass is 255 g/mol. The summed E-state index contributed by atoms with van der Waals surface area (Å²) in [6, 6.07) is 1.33. The molecule has 0 aliphatic heterocycles. The number of rotatable bonds is 4. The van der Waals surface area contributed by atoms with E-state index in [1.807, 2.05) is 0 Å². The number of ether oxygens (including phenoxy) is 1. The highest BCUT2D eigenvalue weighted by Gasteiger charge is 2.09. The van der Waals surface area contributed by atoms with Gasteiger partial charge < -0.3 is 9.84 Å². The zero-order valence-corrected chi connectivity index (χ0v) is 9.77. The lowest BCUT2D eigenvalue weighted by Gasteiger charge is -1.99. The van der Waals surface area contributed by atoms with Crippen molar-refractivity contribution in [3.63, 3.8) is 0 Å². The number of aromatic nitrogens is 1. The first kappa shape index (κ1) is 13.2.